The van der Waals surface area contributed by atoms with Gasteiger partial charge in [0.15, 0.2) is 0 Å². The van der Waals surface area contributed by atoms with E-state index in [1.807, 2.05) is 13.8 Å². The normalized spacial score (nSPS) is 13.0. The van der Waals surface area contributed by atoms with Crippen LogP contribution in [0.3, 0.4) is 0 Å². The Balaban J connectivity index is 2.39. The number of pyridine rings is 1. The molecule has 6 nitrogen and oxygen atoms in total. The van der Waals surface area contributed by atoms with E-state index in [0.717, 1.165) is 0 Å². The number of hydrogen-bond donors (Lipinski definition) is 1. The van der Waals surface area contributed by atoms with Crippen LogP contribution >= 0.6 is 11.6 Å². The molecule has 0 saturated heterocycles. The largest absolute Gasteiger partial charge is 0.496 e. The standard InChI is InChI=1S/C28H31ClFNO5/c1-6-28(16-32,14-17(3)4)31-15-21(27(34)36-7-2)26(33)20-12-19(24(35-5)13-23(20)31)11-18-9-8-10-22(29)25(18)30/h6,8-10,12-13,15,17,32H,1,7,11,14,16H2,2-5H3/t28-/m0/s1. The zero-order valence-corrected chi connectivity index (χ0v) is 21.7. The lowest BCUT2D eigenvalue weighted by atomic mass is 9.88. The Bertz CT molecular complexity index is 1350. The Labute approximate surface area is 214 Å². The number of carbonyl (C=O) groups is 1. The lowest BCUT2D eigenvalue weighted by Gasteiger charge is -2.35. The Morgan fingerprint density at radius 2 is 2.03 bits per heavy atom. The van der Waals surface area contributed by atoms with Gasteiger partial charge in [0.1, 0.15) is 17.1 Å². The topological polar surface area (TPSA) is 77.8 Å². The van der Waals surface area contributed by atoms with Crippen molar-refractivity contribution in [2.45, 2.75) is 39.2 Å². The smallest absolute Gasteiger partial charge is 0.343 e. The second kappa shape index (κ2) is 11.3. The van der Waals surface area contributed by atoms with Gasteiger partial charge in [0.25, 0.3) is 0 Å². The van der Waals surface area contributed by atoms with E-state index in [1.54, 1.807) is 41.8 Å². The highest BCUT2D eigenvalue weighted by Gasteiger charge is 2.32. The first-order chi connectivity index (χ1) is 17.1. The van der Waals surface area contributed by atoms with Gasteiger partial charge in [0, 0.05) is 24.1 Å². The third kappa shape index (κ3) is 5.18. The van der Waals surface area contributed by atoms with Gasteiger partial charge >= 0.3 is 5.97 Å². The maximum Gasteiger partial charge on any atom is 0.343 e. The first-order valence-corrected chi connectivity index (χ1v) is 12.1. The Morgan fingerprint density at radius 3 is 2.61 bits per heavy atom. The third-order valence-electron chi connectivity index (χ3n) is 6.21. The molecule has 0 bridgehead atoms. The summed E-state index contributed by atoms with van der Waals surface area (Å²) >= 11 is 5.96. The maximum atomic E-state index is 14.7. The molecule has 0 radical (unpaired) electrons. The van der Waals surface area contributed by atoms with Gasteiger partial charge in [-0.15, -0.1) is 6.58 Å². The molecule has 1 heterocycles. The van der Waals surface area contributed by atoms with Crippen LogP contribution in [0.25, 0.3) is 10.9 Å². The first-order valence-electron chi connectivity index (χ1n) is 11.7. The highest BCUT2D eigenvalue weighted by atomic mass is 35.5. The highest BCUT2D eigenvalue weighted by molar-refractivity contribution is 6.30. The first kappa shape index (κ1) is 27.4. The summed E-state index contributed by atoms with van der Waals surface area (Å²) in [4.78, 5) is 26.3. The van der Waals surface area contributed by atoms with E-state index in [9.17, 15) is 19.1 Å². The van der Waals surface area contributed by atoms with Crippen LogP contribution in [0.4, 0.5) is 4.39 Å². The number of carbonyl (C=O) groups excluding carboxylic acids is 1. The molecule has 0 amide bonds. The molecule has 0 unspecified atom stereocenters. The van der Waals surface area contributed by atoms with E-state index in [1.165, 1.54) is 19.4 Å². The zero-order chi connectivity index (χ0) is 26.6. The van der Waals surface area contributed by atoms with E-state index in [0.29, 0.717) is 28.8 Å². The summed E-state index contributed by atoms with van der Waals surface area (Å²) < 4.78 is 27.1. The fourth-order valence-corrected chi connectivity index (χ4v) is 4.72. The van der Waals surface area contributed by atoms with Gasteiger partial charge in [-0.3, -0.25) is 4.79 Å². The number of aromatic nitrogens is 1. The van der Waals surface area contributed by atoms with Crippen LogP contribution in [0, 0.1) is 11.7 Å². The number of nitrogens with zero attached hydrogens (tertiary/aromatic N) is 1. The monoisotopic (exact) mass is 515 g/mol. The molecular formula is C28H31ClFNO5. The van der Waals surface area contributed by atoms with Gasteiger partial charge in [0.2, 0.25) is 5.43 Å². The summed E-state index contributed by atoms with van der Waals surface area (Å²) in [5.74, 6) is -0.749. The zero-order valence-electron chi connectivity index (χ0n) is 20.9. The average Bonchev–Trinajstić information content (AvgIpc) is 2.85. The number of ether oxygens (including phenoxy) is 2. The minimum absolute atomic E-state index is 0.00777. The molecule has 1 aromatic heterocycles. The van der Waals surface area contributed by atoms with Gasteiger partial charge in [-0.25, -0.2) is 9.18 Å². The lowest BCUT2D eigenvalue weighted by molar-refractivity contribution is 0.0523. The van der Waals surface area contributed by atoms with E-state index < -0.39 is 22.8 Å². The number of aliphatic hydroxyl groups excluding tert-OH is 1. The van der Waals surface area contributed by atoms with E-state index >= 15 is 0 Å². The molecule has 36 heavy (non-hydrogen) atoms. The molecule has 8 heteroatoms. The van der Waals surface area contributed by atoms with Gasteiger partial charge < -0.3 is 19.1 Å². The molecule has 0 aliphatic carbocycles. The van der Waals surface area contributed by atoms with Crippen molar-refractivity contribution in [3.05, 3.63) is 86.9 Å². The maximum absolute atomic E-state index is 14.7. The van der Waals surface area contributed by atoms with Gasteiger partial charge in [0.05, 0.1) is 36.4 Å². The average molecular weight is 516 g/mol. The molecule has 2 aromatic carbocycles. The Kier molecular flexibility index (Phi) is 8.59. The highest BCUT2D eigenvalue weighted by Crippen LogP contribution is 2.34. The number of rotatable bonds is 10. The van der Waals surface area contributed by atoms with Crippen LogP contribution in [-0.2, 0) is 16.7 Å². The molecule has 3 aromatic rings. The predicted molar refractivity (Wildman–Crippen MR) is 140 cm³/mol. The number of fused-ring (bicyclic) bond motifs is 1. The van der Waals surface area contributed by atoms with Crippen LogP contribution in [0.1, 0.15) is 48.7 Å². The number of benzene rings is 2. The van der Waals surface area contributed by atoms with Crippen molar-refractivity contribution < 1.29 is 23.8 Å². The van der Waals surface area contributed by atoms with E-state index in [-0.39, 0.29) is 41.5 Å². The van der Waals surface area contributed by atoms with Crippen LogP contribution in [-0.4, -0.2) is 36.0 Å². The fraction of sp³-hybridized carbons (Fsp3) is 0.357. The van der Waals surface area contributed by atoms with Crippen LogP contribution in [0.15, 0.2) is 54.0 Å². The second-order valence-corrected chi connectivity index (χ2v) is 9.50. The van der Waals surface area contributed by atoms with Crippen molar-refractivity contribution in [2.75, 3.05) is 20.3 Å². The third-order valence-corrected chi connectivity index (χ3v) is 6.50. The van der Waals surface area contributed by atoms with Crippen molar-refractivity contribution in [1.29, 1.82) is 0 Å². The van der Waals surface area contributed by atoms with Crippen molar-refractivity contribution in [2.24, 2.45) is 5.92 Å². The van der Waals surface area contributed by atoms with Crippen molar-refractivity contribution in [3.8, 4) is 5.75 Å². The van der Waals surface area contributed by atoms with Crippen LogP contribution < -0.4 is 10.2 Å². The molecule has 1 atom stereocenters. The van der Waals surface area contributed by atoms with Gasteiger partial charge in [-0.05, 0) is 42.5 Å². The number of hydrogen-bond acceptors (Lipinski definition) is 5. The molecule has 0 aliphatic heterocycles. The summed E-state index contributed by atoms with van der Waals surface area (Å²) in [6.07, 6.45) is 3.63. The second-order valence-electron chi connectivity index (χ2n) is 9.10. The van der Waals surface area contributed by atoms with E-state index in [4.69, 9.17) is 21.1 Å². The molecule has 1 N–H and O–H groups in total. The molecule has 192 valence electrons. The van der Waals surface area contributed by atoms with Crippen LogP contribution in [0.5, 0.6) is 5.75 Å². The fourth-order valence-electron chi connectivity index (χ4n) is 4.53. The summed E-state index contributed by atoms with van der Waals surface area (Å²) in [7, 11) is 1.48. The van der Waals surface area contributed by atoms with E-state index in [2.05, 4.69) is 6.58 Å². The van der Waals surface area contributed by atoms with Gasteiger partial charge in [-0.1, -0.05) is 43.7 Å². The Hall–Kier alpha value is -3.16. The quantitative estimate of drug-likeness (QED) is 0.285. The summed E-state index contributed by atoms with van der Waals surface area (Å²) in [5.41, 5.74) is -0.402. The van der Waals surface area contributed by atoms with Gasteiger partial charge in [-0.2, -0.15) is 0 Å². The van der Waals surface area contributed by atoms with Crippen molar-refractivity contribution in [1.82, 2.24) is 4.57 Å². The molecule has 0 fully saturated rings. The molecular weight excluding hydrogens is 485 g/mol. The summed E-state index contributed by atoms with van der Waals surface area (Å²) in [6.45, 7) is 9.39. The van der Waals surface area contributed by atoms with Crippen molar-refractivity contribution in [3.63, 3.8) is 0 Å². The Morgan fingerprint density at radius 1 is 1.31 bits per heavy atom. The molecule has 0 aliphatic rings. The number of esters is 1. The number of aliphatic hydroxyl groups is 1. The number of methoxy groups -OCH3 is 1. The SMILES string of the molecule is C=C[C@@](CO)(CC(C)C)n1cc(C(=O)OCC)c(=O)c2cc(Cc3cccc(Cl)c3F)c(OC)cc21. The predicted octanol–water partition coefficient (Wildman–Crippen LogP) is 5.49. The summed E-state index contributed by atoms with van der Waals surface area (Å²) in [6, 6.07) is 7.97. The summed E-state index contributed by atoms with van der Waals surface area (Å²) in [5, 5.41) is 10.7. The van der Waals surface area contributed by atoms with Crippen molar-refractivity contribution >= 4 is 28.5 Å². The van der Waals surface area contributed by atoms with Crippen LogP contribution in [0.2, 0.25) is 5.02 Å². The minimum atomic E-state index is -1.01. The molecule has 3 rings (SSSR count). The lowest BCUT2D eigenvalue weighted by Crippen LogP contribution is -2.39. The number of halogens is 2. The molecule has 0 saturated carbocycles. The molecule has 0 spiro atoms. The minimum Gasteiger partial charge on any atom is -0.496 e.